The molecule has 0 saturated carbocycles. The first kappa shape index (κ1) is 11.5. The minimum absolute atomic E-state index is 0.222. The van der Waals surface area contributed by atoms with Gasteiger partial charge in [-0.2, -0.15) is 5.26 Å². The molecule has 0 amide bonds. The van der Waals surface area contributed by atoms with Crippen LogP contribution in [0.1, 0.15) is 12.5 Å². The van der Waals surface area contributed by atoms with Crippen LogP contribution in [0.15, 0.2) is 18.3 Å². The Kier molecular flexibility index (Phi) is 3.03. The van der Waals surface area contributed by atoms with Crippen molar-refractivity contribution in [2.75, 3.05) is 0 Å². The fourth-order valence-corrected chi connectivity index (χ4v) is 1.98. The van der Waals surface area contributed by atoms with Crippen molar-refractivity contribution in [3.63, 3.8) is 0 Å². The highest BCUT2D eigenvalue weighted by Gasteiger charge is 2.13. The van der Waals surface area contributed by atoms with E-state index >= 15 is 0 Å². The van der Waals surface area contributed by atoms with Gasteiger partial charge in [-0.15, -0.1) is 0 Å². The van der Waals surface area contributed by atoms with E-state index in [9.17, 15) is 4.79 Å². The number of esters is 1. The molecule has 0 aliphatic heterocycles. The number of carbonyl (C=O) groups is 1. The lowest BCUT2D eigenvalue weighted by atomic mass is 10.1. The van der Waals surface area contributed by atoms with E-state index in [0.29, 0.717) is 16.2 Å². The molecule has 0 atom stereocenters. The van der Waals surface area contributed by atoms with Crippen molar-refractivity contribution in [3.05, 3.63) is 28.9 Å². The summed E-state index contributed by atoms with van der Waals surface area (Å²) >= 11 is 6.19. The Morgan fingerprint density at radius 3 is 3.00 bits per heavy atom. The van der Waals surface area contributed by atoms with Crippen LogP contribution in [0.2, 0.25) is 5.02 Å². The summed E-state index contributed by atoms with van der Waals surface area (Å²) in [6, 6.07) is 5.63. The number of ether oxygens (including phenoxy) is 1. The molecule has 0 radical (unpaired) electrons. The van der Waals surface area contributed by atoms with E-state index in [-0.39, 0.29) is 6.42 Å². The molecule has 0 aliphatic rings. The Morgan fingerprint density at radius 2 is 2.35 bits per heavy atom. The number of aromatic nitrogens is 1. The summed E-state index contributed by atoms with van der Waals surface area (Å²) in [6.45, 7) is 1.33. The van der Waals surface area contributed by atoms with Gasteiger partial charge in [0, 0.05) is 13.1 Å². The normalized spacial score (nSPS) is 10.2. The van der Waals surface area contributed by atoms with Crippen LogP contribution in [0.25, 0.3) is 10.9 Å². The van der Waals surface area contributed by atoms with Crippen molar-refractivity contribution in [2.45, 2.75) is 13.3 Å². The summed E-state index contributed by atoms with van der Waals surface area (Å²) in [5.41, 5.74) is 1.49. The highest BCUT2D eigenvalue weighted by Crippen LogP contribution is 2.34. The summed E-state index contributed by atoms with van der Waals surface area (Å²) in [7, 11) is 0. The van der Waals surface area contributed by atoms with Gasteiger partial charge in [0.1, 0.15) is 0 Å². The molecule has 0 fully saturated rings. The Morgan fingerprint density at radius 1 is 1.59 bits per heavy atom. The van der Waals surface area contributed by atoms with E-state index in [0.717, 1.165) is 11.1 Å². The van der Waals surface area contributed by atoms with E-state index < -0.39 is 5.97 Å². The number of hydrogen-bond acceptors (Lipinski definition) is 3. The average molecular weight is 249 g/mol. The molecule has 17 heavy (non-hydrogen) atoms. The SMILES string of the molecule is CC(=O)Oc1c[nH]c2ccc(CC#N)c(Cl)c12. The number of H-pyrrole nitrogens is 1. The second-order valence-corrected chi connectivity index (χ2v) is 3.92. The molecule has 1 N–H and O–H groups in total. The molecular formula is C12H9ClN2O2. The van der Waals surface area contributed by atoms with Gasteiger partial charge in [0.15, 0.2) is 5.75 Å². The number of aromatic amines is 1. The van der Waals surface area contributed by atoms with Crippen LogP contribution in [-0.2, 0) is 11.2 Å². The van der Waals surface area contributed by atoms with Crippen molar-refractivity contribution in [3.8, 4) is 11.8 Å². The van der Waals surface area contributed by atoms with Crippen molar-refractivity contribution in [2.24, 2.45) is 0 Å². The maximum atomic E-state index is 10.9. The Hall–Kier alpha value is -1.99. The van der Waals surface area contributed by atoms with Gasteiger partial charge in [0.05, 0.1) is 28.4 Å². The average Bonchev–Trinajstić information content (AvgIpc) is 2.66. The lowest BCUT2D eigenvalue weighted by Gasteiger charge is -2.03. The Bertz CT molecular complexity index is 625. The molecule has 2 rings (SSSR count). The second kappa shape index (κ2) is 4.48. The summed E-state index contributed by atoms with van der Waals surface area (Å²) in [4.78, 5) is 13.9. The minimum Gasteiger partial charge on any atom is -0.424 e. The molecule has 0 saturated heterocycles. The van der Waals surface area contributed by atoms with Gasteiger partial charge in [-0.1, -0.05) is 17.7 Å². The molecule has 5 heteroatoms. The van der Waals surface area contributed by atoms with Gasteiger partial charge in [-0.3, -0.25) is 4.79 Å². The fraction of sp³-hybridized carbons (Fsp3) is 0.167. The lowest BCUT2D eigenvalue weighted by Crippen LogP contribution is -2.00. The van der Waals surface area contributed by atoms with Crippen molar-refractivity contribution < 1.29 is 9.53 Å². The Balaban J connectivity index is 2.61. The Labute approximate surface area is 103 Å². The number of halogens is 1. The smallest absolute Gasteiger partial charge is 0.308 e. The van der Waals surface area contributed by atoms with Crippen LogP contribution < -0.4 is 4.74 Å². The van der Waals surface area contributed by atoms with Gasteiger partial charge >= 0.3 is 5.97 Å². The van der Waals surface area contributed by atoms with E-state index in [1.165, 1.54) is 6.92 Å². The van der Waals surface area contributed by atoms with Gasteiger partial charge in [-0.25, -0.2) is 0 Å². The van der Waals surface area contributed by atoms with Crippen LogP contribution in [0.4, 0.5) is 0 Å². The van der Waals surface area contributed by atoms with Crippen LogP contribution in [0, 0.1) is 11.3 Å². The van der Waals surface area contributed by atoms with Crippen molar-refractivity contribution in [1.82, 2.24) is 4.98 Å². The van der Waals surface area contributed by atoms with Crippen molar-refractivity contribution >= 4 is 28.5 Å². The molecule has 1 heterocycles. The number of nitriles is 1. The van der Waals surface area contributed by atoms with Gasteiger partial charge < -0.3 is 9.72 Å². The molecule has 0 unspecified atom stereocenters. The second-order valence-electron chi connectivity index (χ2n) is 3.54. The molecule has 0 spiro atoms. The van der Waals surface area contributed by atoms with E-state index in [2.05, 4.69) is 4.98 Å². The molecule has 1 aromatic heterocycles. The predicted molar refractivity (Wildman–Crippen MR) is 63.9 cm³/mol. The maximum absolute atomic E-state index is 10.9. The van der Waals surface area contributed by atoms with Gasteiger partial charge in [-0.05, 0) is 11.6 Å². The molecule has 0 bridgehead atoms. The van der Waals surface area contributed by atoms with Crippen LogP contribution >= 0.6 is 11.6 Å². The molecule has 0 aliphatic carbocycles. The molecular weight excluding hydrogens is 240 g/mol. The number of hydrogen-bond donors (Lipinski definition) is 1. The van der Waals surface area contributed by atoms with Crippen LogP contribution in [-0.4, -0.2) is 11.0 Å². The number of nitrogens with zero attached hydrogens (tertiary/aromatic N) is 1. The molecule has 2 aromatic rings. The van der Waals surface area contributed by atoms with Gasteiger partial charge in [0.25, 0.3) is 0 Å². The topological polar surface area (TPSA) is 65.9 Å². The van der Waals surface area contributed by atoms with Crippen LogP contribution in [0.3, 0.4) is 0 Å². The first-order valence-corrected chi connectivity index (χ1v) is 5.35. The fourth-order valence-electron chi connectivity index (χ4n) is 1.65. The van der Waals surface area contributed by atoms with Gasteiger partial charge in [0.2, 0.25) is 0 Å². The van der Waals surface area contributed by atoms with Crippen molar-refractivity contribution in [1.29, 1.82) is 5.26 Å². The highest BCUT2D eigenvalue weighted by molar-refractivity contribution is 6.36. The predicted octanol–water partition coefficient (Wildman–Crippen LogP) is 2.81. The molecule has 4 nitrogen and oxygen atoms in total. The zero-order chi connectivity index (χ0) is 12.4. The quantitative estimate of drug-likeness (QED) is 0.831. The monoisotopic (exact) mass is 248 g/mol. The zero-order valence-corrected chi connectivity index (χ0v) is 9.84. The summed E-state index contributed by atoms with van der Waals surface area (Å²) in [5, 5.41) is 9.76. The van der Waals surface area contributed by atoms with E-state index in [4.69, 9.17) is 21.6 Å². The lowest BCUT2D eigenvalue weighted by molar-refractivity contribution is -0.131. The summed E-state index contributed by atoms with van der Waals surface area (Å²) in [5.74, 6) is -0.0232. The first-order valence-electron chi connectivity index (χ1n) is 4.97. The van der Waals surface area contributed by atoms with E-state index in [1.54, 1.807) is 18.3 Å². The molecule has 1 aromatic carbocycles. The third kappa shape index (κ3) is 2.10. The third-order valence-corrected chi connectivity index (χ3v) is 2.78. The number of fused-ring (bicyclic) bond motifs is 1. The highest BCUT2D eigenvalue weighted by atomic mass is 35.5. The standard InChI is InChI=1S/C12H9ClN2O2/c1-7(16)17-10-6-15-9-3-2-8(4-5-14)12(13)11(9)10/h2-3,6,15H,4H2,1H3. The summed E-state index contributed by atoms with van der Waals surface area (Å²) in [6.07, 6.45) is 1.80. The zero-order valence-electron chi connectivity index (χ0n) is 9.08. The maximum Gasteiger partial charge on any atom is 0.308 e. The minimum atomic E-state index is -0.410. The van der Waals surface area contributed by atoms with E-state index in [1.807, 2.05) is 6.07 Å². The van der Waals surface area contributed by atoms with Crippen LogP contribution in [0.5, 0.6) is 5.75 Å². The number of nitrogens with one attached hydrogen (secondary N) is 1. The summed E-state index contributed by atoms with van der Waals surface area (Å²) < 4.78 is 5.04. The molecule has 86 valence electrons. The number of benzene rings is 1. The first-order chi connectivity index (χ1) is 8.13. The number of carbonyl (C=O) groups excluding carboxylic acids is 1. The largest absolute Gasteiger partial charge is 0.424 e. The third-order valence-electron chi connectivity index (χ3n) is 2.35. The number of rotatable bonds is 2.